The lowest BCUT2D eigenvalue weighted by molar-refractivity contribution is -0.144. The van der Waals surface area contributed by atoms with Crippen LogP contribution in [0.25, 0.3) is 11.1 Å². The van der Waals surface area contributed by atoms with Gasteiger partial charge < -0.3 is 15.5 Å². The van der Waals surface area contributed by atoms with Crippen molar-refractivity contribution in [3.63, 3.8) is 0 Å². The van der Waals surface area contributed by atoms with Crippen molar-refractivity contribution < 1.29 is 19.2 Å². The number of nitrogens with zero attached hydrogens (tertiary/aromatic N) is 2. The van der Waals surface area contributed by atoms with Gasteiger partial charge in [0.05, 0.1) is 6.42 Å². The molecule has 0 radical (unpaired) electrons. The van der Waals surface area contributed by atoms with Gasteiger partial charge in [0, 0.05) is 26.1 Å². The van der Waals surface area contributed by atoms with E-state index in [1.807, 2.05) is 61.5 Å². The van der Waals surface area contributed by atoms with Crippen LogP contribution in [0.1, 0.15) is 25.3 Å². The van der Waals surface area contributed by atoms with Gasteiger partial charge in [0.1, 0.15) is 12.1 Å². The first kappa shape index (κ1) is 22.5. The molecule has 0 aliphatic carbocycles. The third-order valence-electron chi connectivity index (χ3n) is 6.05. The van der Waals surface area contributed by atoms with Crippen LogP contribution in [-0.2, 0) is 20.8 Å². The van der Waals surface area contributed by atoms with Gasteiger partial charge in [0.2, 0.25) is 11.8 Å². The summed E-state index contributed by atoms with van der Waals surface area (Å²) in [5.41, 5.74) is 3.06. The lowest BCUT2D eigenvalue weighted by atomic mass is 9.97. The summed E-state index contributed by atoms with van der Waals surface area (Å²) in [5.74, 6) is -0.913. The molecule has 2 fully saturated rings. The molecule has 2 N–H and O–H groups in total. The Morgan fingerprint density at radius 2 is 1.79 bits per heavy atom. The minimum Gasteiger partial charge on any atom is -0.353 e. The number of amides is 5. The molecule has 0 unspecified atom stereocenters. The molecule has 8 heteroatoms. The summed E-state index contributed by atoms with van der Waals surface area (Å²) < 4.78 is 0. The quantitative estimate of drug-likeness (QED) is 0.633. The molecule has 2 aromatic carbocycles. The molecule has 5 amide bonds. The second-order valence-electron chi connectivity index (χ2n) is 8.36. The van der Waals surface area contributed by atoms with Crippen LogP contribution in [0.4, 0.5) is 4.79 Å². The molecule has 0 aromatic heterocycles. The Labute approximate surface area is 192 Å². The van der Waals surface area contributed by atoms with Gasteiger partial charge in [-0.3, -0.25) is 19.3 Å². The fourth-order valence-electron chi connectivity index (χ4n) is 4.39. The second-order valence-corrected chi connectivity index (χ2v) is 8.36. The van der Waals surface area contributed by atoms with Gasteiger partial charge in [-0.25, -0.2) is 4.79 Å². The van der Waals surface area contributed by atoms with E-state index < -0.39 is 18.1 Å². The Balaban J connectivity index is 1.48. The number of carbonyl (C=O) groups excluding carboxylic acids is 4. The number of nitrogens with one attached hydrogen (secondary N) is 2. The predicted octanol–water partition coefficient (Wildman–Crippen LogP) is 1.94. The summed E-state index contributed by atoms with van der Waals surface area (Å²) in [4.78, 5) is 53.1. The summed E-state index contributed by atoms with van der Waals surface area (Å²) in [6.45, 7) is 2.92. The van der Waals surface area contributed by atoms with Crippen molar-refractivity contribution in [1.29, 1.82) is 0 Å². The zero-order chi connectivity index (χ0) is 23.4. The highest BCUT2D eigenvalue weighted by Gasteiger charge is 2.41. The first-order valence-electron chi connectivity index (χ1n) is 11.3. The zero-order valence-electron chi connectivity index (χ0n) is 18.6. The van der Waals surface area contributed by atoms with Crippen LogP contribution in [0.2, 0.25) is 0 Å². The lowest BCUT2D eigenvalue weighted by Crippen LogP contribution is -2.58. The number of piperazine rings is 1. The first-order chi connectivity index (χ1) is 16.0. The van der Waals surface area contributed by atoms with Gasteiger partial charge >= 0.3 is 6.03 Å². The van der Waals surface area contributed by atoms with Gasteiger partial charge in [0.25, 0.3) is 5.91 Å². The van der Waals surface area contributed by atoms with Crippen molar-refractivity contribution in [2.45, 2.75) is 38.3 Å². The fraction of sp³-hybridized carbons (Fsp3) is 0.360. The molecule has 0 bridgehead atoms. The maximum Gasteiger partial charge on any atom is 0.324 e. The molecule has 0 spiro atoms. The smallest absolute Gasteiger partial charge is 0.324 e. The molecule has 4 rings (SSSR count). The summed E-state index contributed by atoms with van der Waals surface area (Å²) in [7, 11) is 0. The average Bonchev–Trinajstić information content (AvgIpc) is 3.08. The molecule has 33 heavy (non-hydrogen) atoms. The summed E-state index contributed by atoms with van der Waals surface area (Å²) in [6, 6.07) is 15.9. The van der Waals surface area contributed by atoms with E-state index in [4.69, 9.17) is 0 Å². The minimum atomic E-state index is -0.886. The Hall–Kier alpha value is -3.68. The van der Waals surface area contributed by atoms with Gasteiger partial charge in [-0.05, 0) is 23.1 Å². The molecule has 2 heterocycles. The highest BCUT2D eigenvalue weighted by molar-refractivity contribution is 6.06. The number of hydrogen-bond donors (Lipinski definition) is 2. The minimum absolute atomic E-state index is 0.154. The van der Waals surface area contributed by atoms with E-state index in [-0.39, 0.29) is 24.1 Å². The largest absolute Gasteiger partial charge is 0.353 e. The van der Waals surface area contributed by atoms with Gasteiger partial charge in [-0.2, -0.15) is 0 Å². The second kappa shape index (κ2) is 9.85. The fourth-order valence-corrected chi connectivity index (χ4v) is 4.39. The number of imide groups is 1. The monoisotopic (exact) mass is 448 g/mol. The highest BCUT2D eigenvalue weighted by Crippen LogP contribution is 2.22. The molecule has 2 aliphatic heterocycles. The summed E-state index contributed by atoms with van der Waals surface area (Å²) in [5, 5.41) is 5.44. The van der Waals surface area contributed by atoms with E-state index in [0.717, 1.165) is 21.6 Å². The Bertz CT molecular complexity index is 1060. The van der Waals surface area contributed by atoms with Crippen molar-refractivity contribution in [3.05, 3.63) is 60.2 Å². The normalized spacial score (nSPS) is 20.6. The Morgan fingerprint density at radius 1 is 1.03 bits per heavy atom. The maximum atomic E-state index is 13.1. The van der Waals surface area contributed by atoms with Gasteiger partial charge in [-0.15, -0.1) is 0 Å². The van der Waals surface area contributed by atoms with Gasteiger partial charge in [-0.1, -0.05) is 61.5 Å². The third kappa shape index (κ3) is 4.89. The number of rotatable bonds is 7. The zero-order valence-corrected chi connectivity index (χ0v) is 18.6. The van der Waals surface area contributed by atoms with E-state index in [9.17, 15) is 19.2 Å². The third-order valence-corrected chi connectivity index (χ3v) is 6.05. The molecule has 0 saturated carbocycles. The lowest BCUT2D eigenvalue weighted by Gasteiger charge is -2.35. The van der Waals surface area contributed by atoms with E-state index in [2.05, 4.69) is 10.6 Å². The topological polar surface area (TPSA) is 98.8 Å². The molecule has 2 aliphatic rings. The van der Waals surface area contributed by atoms with Crippen molar-refractivity contribution in [1.82, 2.24) is 20.4 Å². The van der Waals surface area contributed by atoms with E-state index >= 15 is 0 Å². The molecular weight excluding hydrogens is 420 g/mol. The Morgan fingerprint density at radius 3 is 2.55 bits per heavy atom. The molecule has 2 aromatic rings. The number of benzene rings is 2. The predicted molar refractivity (Wildman–Crippen MR) is 123 cm³/mol. The Kier molecular flexibility index (Phi) is 6.72. The van der Waals surface area contributed by atoms with E-state index in [1.165, 1.54) is 4.90 Å². The van der Waals surface area contributed by atoms with E-state index in [1.54, 1.807) is 0 Å². The highest BCUT2D eigenvalue weighted by atomic mass is 16.2. The van der Waals surface area contributed by atoms with Crippen LogP contribution in [0.5, 0.6) is 0 Å². The van der Waals surface area contributed by atoms with Crippen molar-refractivity contribution in [2.75, 3.05) is 19.6 Å². The first-order valence-corrected chi connectivity index (χ1v) is 11.3. The van der Waals surface area contributed by atoms with Crippen LogP contribution >= 0.6 is 0 Å². The average molecular weight is 449 g/mol. The van der Waals surface area contributed by atoms with Crippen LogP contribution in [0, 0.1) is 0 Å². The molecule has 172 valence electrons. The summed E-state index contributed by atoms with van der Waals surface area (Å²) in [6.07, 6.45) is 0.861. The van der Waals surface area contributed by atoms with Crippen molar-refractivity contribution in [3.8, 4) is 11.1 Å². The van der Waals surface area contributed by atoms with Crippen LogP contribution in [0.3, 0.4) is 0 Å². The van der Waals surface area contributed by atoms with Crippen LogP contribution in [-0.4, -0.2) is 65.3 Å². The number of carbonyl (C=O) groups is 4. The molecular formula is C25H28N4O4. The number of urea groups is 1. The summed E-state index contributed by atoms with van der Waals surface area (Å²) >= 11 is 0. The standard InChI is InChI=1S/C25H28N4O4/c1-2-12-29-24(32)20(27-25(29)33)16-22(30)28-13-11-26-23(31)21(28)15-17-7-6-10-19(14-17)18-8-4-3-5-9-18/h3-10,14,20-21H,2,11-13,15-16H2,1H3,(H,26,31)(H,27,33)/t20-,21-/m0/s1. The maximum absolute atomic E-state index is 13.1. The number of hydrogen-bond acceptors (Lipinski definition) is 4. The molecule has 2 atom stereocenters. The molecule has 8 nitrogen and oxygen atoms in total. The van der Waals surface area contributed by atoms with Crippen molar-refractivity contribution in [2.24, 2.45) is 0 Å². The van der Waals surface area contributed by atoms with Crippen LogP contribution < -0.4 is 10.6 Å². The molecule has 2 saturated heterocycles. The van der Waals surface area contributed by atoms with Crippen molar-refractivity contribution >= 4 is 23.8 Å². The van der Waals surface area contributed by atoms with E-state index in [0.29, 0.717) is 32.5 Å². The van der Waals surface area contributed by atoms with Crippen LogP contribution in [0.15, 0.2) is 54.6 Å². The SMILES string of the molecule is CCCN1C(=O)N[C@@H](CC(=O)N2CCNC(=O)[C@@H]2Cc2cccc(-c3ccccc3)c2)C1=O. The van der Waals surface area contributed by atoms with Gasteiger partial charge in [0.15, 0.2) is 0 Å².